The summed E-state index contributed by atoms with van der Waals surface area (Å²) in [5.74, 6) is 0.949. The van der Waals surface area contributed by atoms with Crippen LogP contribution in [0.1, 0.15) is 18.9 Å². The molecule has 0 saturated carbocycles. The lowest BCUT2D eigenvalue weighted by molar-refractivity contribution is 0.0675. The van der Waals surface area contributed by atoms with E-state index in [-0.39, 0.29) is 5.75 Å². The van der Waals surface area contributed by atoms with Crippen molar-refractivity contribution in [1.29, 1.82) is 0 Å². The summed E-state index contributed by atoms with van der Waals surface area (Å²) >= 11 is 0. The number of aromatic amines is 1. The fraction of sp³-hybridized carbons (Fsp3) is 0.250. The second-order valence-corrected chi connectivity index (χ2v) is 6.75. The van der Waals surface area contributed by atoms with Crippen LogP contribution >= 0.6 is 0 Å². The number of benzene rings is 2. The molecule has 7 nitrogen and oxygen atoms in total. The maximum Gasteiger partial charge on any atom is 0.155 e. The summed E-state index contributed by atoms with van der Waals surface area (Å²) in [6.45, 7) is 1.51. The van der Waals surface area contributed by atoms with Crippen LogP contribution in [-0.2, 0) is 4.74 Å². The number of rotatable bonds is 3. The minimum absolute atomic E-state index is 0.229. The van der Waals surface area contributed by atoms with E-state index in [2.05, 4.69) is 32.0 Å². The van der Waals surface area contributed by atoms with Gasteiger partial charge in [-0.2, -0.15) is 10.2 Å². The van der Waals surface area contributed by atoms with Crippen molar-refractivity contribution in [3.05, 3.63) is 48.8 Å². The predicted octanol–water partition coefficient (Wildman–Crippen LogP) is 3.55. The van der Waals surface area contributed by atoms with Gasteiger partial charge in [0.25, 0.3) is 0 Å². The van der Waals surface area contributed by atoms with Crippen LogP contribution < -0.4 is 0 Å². The Morgan fingerprint density at radius 1 is 1.07 bits per heavy atom. The molecule has 0 unspecified atom stereocenters. The molecule has 0 aliphatic carbocycles. The molecule has 1 saturated heterocycles. The number of H-pyrrole nitrogens is 1. The van der Waals surface area contributed by atoms with Crippen molar-refractivity contribution in [2.75, 3.05) is 13.2 Å². The van der Waals surface area contributed by atoms with Crippen molar-refractivity contribution in [1.82, 2.24) is 25.0 Å². The first-order chi connectivity index (χ1) is 13.3. The molecule has 0 bridgehead atoms. The number of hydrogen-bond acceptors (Lipinski definition) is 5. The average Bonchev–Trinajstić information content (AvgIpc) is 3.36. The van der Waals surface area contributed by atoms with E-state index < -0.39 is 0 Å². The summed E-state index contributed by atoms with van der Waals surface area (Å²) < 4.78 is 7.63. The molecule has 2 N–H and O–H groups in total. The highest BCUT2D eigenvalue weighted by molar-refractivity contribution is 5.96. The molecule has 27 heavy (non-hydrogen) atoms. The number of ether oxygens (including phenoxy) is 1. The standard InChI is InChI=1S/C20H19N5O2/c26-16-3-1-2-13(10-16)19-17-11-14(20-21-12-22-23-20)4-5-18(17)25(24-19)15-6-8-27-9-7-15/h1-5,10-12,15,26H,6-9H2,(H,21,22,23). The maximum absolute atomic E-state index is 9.93. The highest BCUT2D eigenvalue weighted by Gasteiger charge is 2.22. The third kappa shape index (κ3) is 2.86. The van der Waals surface area contributed by atoms with Gasteiger partial charge in [0.1, 0.15) is 17.8 Å². The van der Waals surface area contributed by atoms with Gasteiger partial charge in [-0.05, 0) is 43.2 Å². The van der Waals surface area contributed by atoms with E-state index in [0.29, 0.717) is 6.04 Å². The molecule has 3 heterocycles. The quantitative estimate of drug-likeness (QED) is 0.583. The monoisotopic (exact) mass is 361 g/mol. The Balaban J connectivity index is 1.72. The first kappa shape index (κ1) is 16.0. The third-order valence-corrected chi connectivity index (χ3v) is 5.05. The van der Waals surface area contributed by atoms with Gasteiger partial charge in [-0.1, -0.05) is 12.1 Å². The summed E-state index contributed by atoms with van der Waals surface area (Å²) in [6.07, 6.45) is 3.39. The number of hydrogen-bond donors (Lipinski definition) is 2. The van der Waals surface area contributed by atoms with E-state index in [4.69, 9.17) is 9.84 Å². The first-order valence-corrected chi connectivity index (χ1v) is 9.05. The van der Waals surface area contributed by atoms with Crippen molar-refractivity contribution < 1.29 is 9.84 Å². The second kappa shape index (κ2) is 6.51. The van der Waals surface area contributed by atoms with E-state index in [1.54, 1.807) is 12.1 Å². The summed E-state index contributed by atoms with van der Waals surface area (Å²) in [5, 5.41) is 22.8. The summed E-state index contributed by atoms with van der Waals surface area (Å²) in [6, 6.07) is 13.7. The summed E-state index contributed by atoms with van der Waals surface area (Å²) in [5.41, 5.74) is 3.77. The largest absolute Gasteiger partial charge is 0.508 e. The first-order valence-electron chi connectivity index (χ1n) is 9.05. The number of fused-ring (bicyclic) bond motifs is 1. The number of phenols is 1. The number of nitrogens with one attached hydrogen (secondary N) is 1. The third-order valence-electron chi connectivity index (χ3n) is 5.05. The van der Waals surface area contributed by atoms with E-state index in [1.807, 2.05) is 18.2 Å². The van der Waals surface area contributed by atoms with Crippen molar-refractivity contribution >= 4 is 10.9 Å². The minimum atomic E-state index is 0.229. The fourth-order valence-electron chi connectivity index (χ4n) is 3.71. The van der Waals surface area contributed by atoms with Gasteiger partial charge in [-0.3, -0.25) is 9.78 Å². The van der Waals surface area contributed by atoms with E-state index in [0.717, 1.165) is 59.6 Å². The number of aromatic nitrogens is 5. The van der Waals surface area contributed by atoms with Crippen LogP contribution in [0.2, 0.25) is 0 Å². The van der Waals surface area contributed by atoms with Crippen LogP contribution in [0.15, 0.2) is 48.8 Å². The Morgan fingerprint density at radius 2 is 1.96 bits per heavy atom. The molecular formula is C20H19N5O2. The van der Waals surface area contributed by atoms with Crippen LogP contribution in [0.4, 0.5) is 0 Å². The maximum atomic E-state index is 9.93. The van der Waals surface area contributed by atoms with E-state index in [9.17, 15) is 5.11 Å². The molecule has 136 valence electrons. The molecule has 1 aliphatic heterocycles. The lowest BCUT2D eigenvalue weighted by atomic mass is 10.0. The number of aromatic hydroxyl groups is 1. The van der Waals surface area contributed by atoms with Gasteiger partial charge in [-0.25, -0.2) is 4.98 Å². The molecule has 0 amide bonds. The molecule has 2 aromatic carbocycles. The molecule has 1 fully saturated rings. The molecule has 0 radical (unpaired) electrons. The Hall–Kier alpha value is -3.19. The Morgan fingerprint density at radius 3 is 2.74 bits per heavy atom. The SMILES string of the molecule is Oc1cccc(-c2nn(C3CCOCC3)c3ccc(-c4ncn[nH]4)cc23)c1. The lowest BCUT2D eigenvalue weighted by Crippen LogP contribution is -2.20. The topological polar surface area (TPSA) is 88.8 Å². The zero-order valence-electron chi connectivity index (χ0n) is 14.7. The zero-order valence-corrected chi connectivity index (χ0v) is 14.7. The fourth-order valence-corrected chi connectivity index (χ4v) is 3.71. The van der Waals surface area contributed by atoms with Gasteiger partial charge >= 0.3 is 0 Å². The minimum Gasteiger partial charge on any atom is -0.508 e. The Labute approximate surface area is 155 Å². The van der Waals surface area contributed by atoms with Crippen LogP contribution in [0.5, 0.6) is 5.75 Å². The van der Waals surface area contributed by atoms with Crippen LogP contribution in [0.3, 0.4) is 0 Å². The van der Waals surface area contributed by atoms with Gasteiger partial charge in [0, 0.05) is 29.7 Å². The lowest BCUT2D eigenvalue weighted by Gasteiger charge is -2.23. The van der Waals surface area contributed by atoms with Gasteiger partial charge in [0.05, 0.1) is 11.6 Å². The normalized spacial score (nSPS) is 15.4. The van der Waals surface area contributed by atoms with Gasteiger partial charge < -0.3 is 9.84 Å². The van der Waals surface area contributed by atoms with Crippen LogP contribution in [0.25, 0.3) is 33.5 Å². The number of nitrogens with zero attached hydrogens (tertiary/aromatic N) is 4. The smallest absolute Gasteiger partial charge is 0.155 e. The predicted molar refractivity (Wildman–Crippen MR) is 101 cm³/mol. The van der Waals surface area contributed by atoms with E-state index in [1.165, 1.54) is 6.33 Å². The zero-order chi connectivity index (χ0) is 18.2. The molecule has 0 spiro atoms. The summed E-state index contributed by atoms with van der Waals surface area (Å²) in [4.78, 5) is 4.26. The van der Waals surface area contributed by atoms with Crippen LogP contribution in [-0.4, -0.2) is 43.3 Å². The van der Waals surface area contributed by atoms with Crippen molar-refractivity contribution in [3.63, 3.8) is 0 Å². The van der Waals surface area contributed by atoms with E-state index >= 15 is 0 Å². The molecule has 2 aromatic heterocycles. The molecule has 4 aromatic rings. The molecular weight excluding hydrogens is 342 g/mol. The Kier molecular flexibility index (Phi) is 3.86. The summed E-state index contributed by atoms with van der Waals surface area (Å²) in [7, 11) is 0. The van der Waals surface area contributed by atoms with Crippen LogP contribution in [0, 0.1) is 0 Å². The van der Waals surface area contributed by atoms with Gasteiger partial charge in [0.2, 0.25) is 0 Å². The van der Waals surface area contributed by atoms with Crippen molar-refractivity contribution in [2.24, 2.45) is 0 Å². The number of phenolic OH excluding ortho intramolecular Hbond substituents is 1. The second-order valence-electron chi connectivity index (χ2n) is 6.75. The van der Waals surface area contributed by atoms with Crippen molar-refractivity contribution in [2.45, 2.75) is 18.9 Å². The molecule has 1 aliphatic rings. The van der Waals surface area contributed by atoms with Gasteiger partial charge in [0.15, 0.2) is 5.82 Å². The average molecular weight is 361 g/mol. The van der Waals surface area contributed by atoms with Gasteiger partial charge in [-0.15, -0.1) is 0 Å². The Bertz CT molecular complexity index is 1080. The highest BCUT2D eigenvalue weighted by Crippen LogP contribution is 2.35. The highest BCUT2D eigenvalue weighted by atomic mass is 16.5. The molecule has 5 rings (SSSR count). The molecule has 0 atom stereocenters. The molecule has 7 heteroatoms. The van der Waals surface area contributed by atoms with Crippen molar-refractivity contribution in [3.8, 4) is 28.4 Å².